The van der Waals surface area contributed by atoms with Crippen LogP contribution in [0.5, 0.6) is 0 Å². The maximum atomic E-state index is 12.2. The number of aromatic nitrogens is 3. The molecule has 0 spiro atoms. The summed E-state index contributed by atoms with van der Waals surface area (Å²) in [6, 6.07) is 14.8. The van der Waals surface area contributed by atoms with E-state index < -0.39 is 15.1 Å². The molecule has 0 saturated heterocycles. The Bertz CT molecular complexity index is 1030. The number of benzene rings is 2. The molecular weight excluding hydrogens is 342 g/mol. The summed E-state index contributed by atoms with van der Waals surface area (Å²) in [5.74, 6) is -0.201. The van der Waals surface area contributed by atoms with Crippen LogP contribution in [0.3, 0.4) is 0 Å². The zero-order valence-corrected chi connectivity index (χ0v) is 13.6. The standard InChI is InChI=1S/C16H13N5O3S/c22-25(23,24)16(15-17-9-10-18-21-15)19-13-8-4-7-12(14(13)20-16)11-5-2-1-3-6-11/h1-10,19-20H,(H,22,23,24). The van der Waals surface area contributed by atoms with Gasteiger partial charge in [0.1, 0.15) is 0 Å². The van der Waals surface area contributed by atoms with Gasteiger partial charge in [0.25, 0.3) is 0 Å². The molecule has 3 N–H and O–H groups in total. The number of hydrogen-bond donors (Lipinski definition) is 3. The van der Waals surface area contributed by atoms with E-state index in [1.165, 1.54) is 12.4 Å². The van der Waals surface area contributed by atoms with Crippen molar-refractivity contribution in [2.45, 2.75) is 4.99 Å². The SMILES string of the molecule is O=S(=O)(O)C1(c2nccnn2)Nc2cccc(-c3ccccc3)c2N1. The molecule has 8 nitrogen and oxygen atoms in total. The van der Waals surface area contributed by atoms with E-state index in [0.29, 0.717) is 11.4 Å². The first-order valence-corrected chi connectivity index (χ1v) is 8.81. The van der Waals surface area contributed by atoms with Gasteiger partial charge in [-0.1, -0.05) is 42.5 Å². The number of anilines is 2. The minimum atomic E-state index is -4.67. The molecule has 0 aliphatic carbocycles. The number of nitrogens with one attached hydrogen (secondary N) is 2. The molecule has 1 aromatic heterocycles. The summed E-state index contributed by atoms with van der Waals surface area (Å²) in [7, 11) is -4.67. The fraction of sp³-hybridized carbons (Fsp3) is 0.0625. The fourth-order valence-electron chi connectivity index (χ4n) is 2.81. The molecule has 0 amide bonds. The fourth-order valence-corrected chi connectivity index (χ4v) is 3.61. The van der Waals surface area contributed by atoms with Gasteiger partial charge in [0.05, 0.1) is 17.6 Å². The van der Waals surface area contributed by atoms with E-state index in [0.717, 1.165) is 11.1 Å². The summed E-state index contributed by atoms with van der Waals surface area (Å²) in [6.07, 6.45) is 2.62. The van der Waals surface area contributed by atoms with Crippen molar-refractivity contribution in [3.8, 4) is 11.1 Å². The van der Waals surface area contributed by atoms with Gasteiger partial charge in [-0.2, -0.15) is 13.5 Å². The molecule has 0 saturated carbocycles. The monoisotopic (exact) mass is 355 g/mol. The maximum absolute atomic E-state index is 12.2. The average Bonchev–Trinajstić information content (AvgIpc) is 3.04. The van der Waals surface area contributed by atoms with Crippen LogP contribution in [0.4, 0.5) is 11.4 Å². The molecule has 4 rings (SSSR count). The highest BCUT2D eigenvalue weighted by Crippen LogP contribution is 2.45. The van der Waals surface area contributed by atoms with Gasteiger partial charge in [-0.3, -0.25) is 4.55 Å². The molecular formula is C16H13N5O3S. The van der Waals surface area contributed by atoms with Gasteiger partial charge in [0, 0.05) is 11.8 Å². The van der Waals surface area contributed by atoms with Gasteiger partial charge in [0.15, 0.2) is 0 Å². The minimum absolute atomic E-state index is 0.201. The molecule has 0 fully saturated rings. The number of fused-ring (bicyclic) bond motifs is 1. The first kappa shape index (κ1) is 15.5. The van der Waals surface area contributed by atoms with Crippen molar-refractivity contribution in [3.63, 3.8) is 0 Å². The maximum Gasteiger partial charge on any atom is 0.316 e. The molecule has 1 unspecified atom stereocenters. The number of nitrogens with zero attached hydrogens (tertiary/aromatic N) is 3. The van der Waals surface area contributed by atoms with Crippen LogP contribution in [-0.2, 0) is 15.1 Å². The predicted octanol–water partition coefficient (Wildman–Crippen LogP) is 2.07. The number of hydrogen-bond acceptors (Lipinski definition) is 7. The third-order valence-corrected chi connectivity index (χ3v) is 5.11. The van der Waals surface area contributed by atoms with Crippen LogP contribution in [0, 0.1) is 0 Å². The van der Waals surface area contributed by atoms with Gasteiger partial charge >= 0.3 is 15.1 Å². The van der Waals surface area contributed by atoms with Gasteiger partial charge in [-0.25, -0.2) is 4.98 Å². The van der Waals surface area contributed by atoms with Crippen LogP contribution in [0.1, 0.15) is 5.82 Å². The van der Waals surface area contributed by atoms with Gasteiger partial charge in [-0.15, -0.1) is 5.10 Å². The first-order valence-electron chi connectivity index (χ1n) is 7.37. The summed E-state index contributed by atoms with van der Waals surface area (Å²) in [6.45, 7) is 0. The quantitative estimate of drug-likeness (QED) is 0.611. The van der Waals surface area contributed by atoms with Crippen molar-refractivity contribution in [1.29, 1.82) is 0 Å². The lowest BCUT2D eigenvalue weighted by atomic mass is 10.0. The molecule has 0 bridgehead atoms. The van der Waals surface area contributed by atoms with E-state index in [2.05, 4.69) is 25.8 Å². The third-order valence-electron chi connectivity index (χ3n) is 3.95. The topological polar surface area (TPSA) is 117 Å². The van der Waals surface area contributed by atoms with E-state index in [9.17, 15) is 13.0 Å². The molecule has 1 aliphatic rings. The second-order valence-corrected chi connectivity index (χ2v) is 7.03. The zero-order valence-electron chi connectivity index (χ0n) is 12.8. The van der Waals surface area contributed by atoms with Crippen molar-refractivity contribution in [3.05, 3.63) is 66.7 Å². The lowest BCUT2D eigenvalue weighted by Gasteiger charge is -2.24. The van der Waals surface area contributed by atoms with Crippen LogP contribution >= 0.6 is 0 Å². The summed E-state index contributed by atoms with van der Waals surface area (Å²) in [5.41, 5.74) is 2.71. The Balaban J connectivity index is 1.90. The van der Waals surface area contributed by atoms with Crippen molar-refractivity contribution >= 4 is 21.5 Å². The Kier molecular flexibility index (Phi) is 3.41. The molecule has 0 radical (unpaired) electrons. The van der Waals surface area contributed by atoms with E-state index >= 15 is 0 Å². The van der Waals surface area contributed by atoms with Crippen molar-refractivity contribution < 1.29 is 13.0 Å². The molecule has 9 heteroatoms. The molecule has 25 heavy (non-hydrogen) atoms. The Hall–Kier alpha value is -3.04. The summed E-state index contributed by atoms with van der Waals surface area (Å²) >= 11 is 0. The van der Waals surface area contributed by atoms with Crippen LogP contribution in [0.2, 0.25) is 0 Å². The highest BCUT2D eigenvalue weighted by Gasteiger charge is 2.53. The summed E-state index contributed by atoms with van der Waals surface area (Å²) in [4.78, 5) is 1.84. The van der Waals surface area contributed by atoms with E-state index in [4.69, 9.17) is 0 Å². The van der Waals surface area contributed by atoms with E-state index in [1.807, 2.05) is 36.4 Å². The Morgan fingerprint density at radius 1 is 0.960 bits per heavy atom. The number of para-hydroxylation sites is 1. The third kappa shape index (κ3) is 2.41. The normalized spacial score (nSPS) is 18.9. The number of rotatable bonds is 3. The first-order chi connectivity index (χ1) is 12.0. The van der Waals surface area contributed by atoms with E-state index in [-0.39, 0.29) is 5.82 Å². The molecule has 2 heterocycles. The largest absolute Gasteiger partial charge is 0.340 e. The molecule has 3 aromatic rings. The van der Waals surface area contributed by atoms with Gasteiger partial charge < -0.3 is 10.6 Å². The molecule has 126 valence electrons. The zero-order chi connectivity index (χ0) is 17.5. The highest BCUT2D eigenvalue weighted by atomic mass is 32.2. The Morgan fingerprint density at radius 2 is 1.76 bits per heavy atom. The average molecular weight is 355 g/mol. The predicted molar refractivity (Wildman–Crippen MR) is 92.2 cm³/mol. The van der Waals surface area contributed by atoms with Crippen molar-refractivity contribution in [2.75, 3.05) is 10.6 Å². The lowest BCUT2D eigenvalue weighted by Crippen LogP contribution is -2.47. The van der Waals surface area contributed by atoms with E-state index in [1.54, 1.807) is 12.1 Å². The summed E-state index contributed by atoms with van der Waals surface area (Å²) < 4.78 is 34.3. The van der Waals surface area contributed by atoms with Gasteiger partial charge in [-0.05, 0) is 11.6 Å². The smallest absolute Gasteiger partial charge is 0.316 e. The van der Waals surface area contributed by atoms with Crippen LogP contribution in [0.25, 0.3) is 11.1 Å². The lowest BCUT2D eigenvalue weighted by molar-refractivity contribution is 0.447. The van der Waals surface area contributed by atoms with Crippen LogP contribution in [-0.4, -0.2) is 28.2 Å². The Labute approximate surface area is 143 Å². The second kappa shape index (κ2) is 5.50. The molecule has 1 atom stereocenters. The van der Waals surface area contributed by atoms with Crippen LogP contribution < -0.4 is 10.6 Å². The van der Waals surface area contributed by atoms with Crippen molar-refractivity contribution in [1.82, 2.24) is 15.2 Å². The molecule has 2 aromatic carbocycles. The second-order valence-electron chi connectivity index (χ2n) is 5.47. The molecule has 1 aliphatic heterocycles. The minimum Gasteiger partial charge on any atom is -0.340 e. The highest BCUT2D eigenvalue weighted by molar-refractivity contribution is 7.87. The summed E-state index contributed by atoms with van der Waals surface area (Å²) in [5, 5.41) is 13.1. The van der Waals surface area contributed by atoms with Gasteiger partial charge in [0.2, 0.25) is 5.82 Å². The van der Waals surface area contributed by atoms with Crippen molar-refractivity contribution in [2.24, 2.45) is 0 Å². The van der Waals surface area contributed by atoms with Crippen LogP contribution in [0.15, 0.2) is 60.9 Å². The Morgan fingerprint density at radius 3 is 2.44 bits per heavy atom.